The van der Waals surface area contributed by atoms with E-state index in [0.717, 1.165) is 4.90 Å². The lowest BCUT2D eigenvalue weighted by atomic mass is 10.1. The van der Waals surface area contributed by atoms with E-state index in [-0.39, 0.29) is 11.6 Å². The fourth-order valence-corrected chi connectivity index (χ4v) is 5.16. The molecule has 1 atom stereocenters. The maximum atomic E-state index is 13.4. The predicted molar refractivity (Wildman–Crippen MR) is 163 cm³/mol. The molecule has 1 heterocycles. The number of amides is 3. The van der Waals surface area contributed by atoms with E-state index in [1.54, 1.807) is 79.7 Å². The molecule has 0 aliphatic carbocycles. The van der Waals surface area contributed by atoms with Gasteiger partial charge in [0.15, 0.2) is 5.82 Å². The van der Waals surface area contributed by atoms with Crippen LogP contribution in [0.5, 0.6) is 0 Å². The zero-order valence-electron chi connectivity index (χ0n) is 22.1. The van der Waals surface area contributed by atoms with Crippen molar-refractivity contribution in [2.75, 3.05) is 10.6 Å². The van der Waals surface area contributed by atoms with Crippen molar-refractivity contribution in [3.63, 3.8) is 0 Å². The minimum absolute atomic E-state index is 0.0187. The van der Waals surface area contributed by atoms with Gasteiger partial charge in [-0.05, 0) is 67.4 Å². The molecule has 0 fully saturated rings. The van der Waals surface area contributed by atoms with E-state index in [2.05, 4.69) is 21.1 Å². The summed E-state index contributed by atoms with van der Waals surface area (Å²) in [5.41, 5.74) is 1.34. The summed E-state index contributed by atoms with van der Waals surface area (Å²) in [4.78, 5) is 39.9. The number of hydrogen-bond donors (Lipinski definition) is 3. The summed E-state index contributed by atoms with van der Waals surface area (Å²) in [6.07, 6.45) is 2.04. The van der Waals surface area contributed by atoms with Crippen LogP contribution in [0.4, 0.5) is 11.5 Å². The number of hydrogen-bond acceptors (Lipinski definition) is 6. The van der Waals surface area contributed by atoms with Gasteiger partial charge < -0.3 is 20.5 Å². The van der Waals surface area contributed by atoms with Crippen LogP contribution in [0.25, 0.3) is 6.08 Å². The van der Waals surface area contributed by atoms with Gasteiger partial charge in [-0.25, -0.2) is 0 Å². The summed E-state index contributed by atoms with van der Waals surface area (Å²) in [6, 6.07) is 22.1. The average Bonchev–Trinajstić information content (AvgIpc) is 3.37. The number of rotatable bonds is 10. The number of carbonyl (C=O) groups excluding carboxylic acids is 3. The normalized spacial score (nSPS) is 12.0. The zero-order valence-corrected chi connectivity index (χ0v) is 24.4. The van der Waals surface area contributed by atoms with Crippen molar-refractivity contribution in [3.05, 3.63) is 111 Å². The van der Waals surface area contributed by atoms with Gasteiger partial charge in [0.2, 0.25) is 5.91 Å². The van der Waals surface area contributed by atoms with Crippen LogP contribution >= 0.6 is 35.0 Å². The summed E-state index contributed by atoms with van der Waals surface area (Å²) < 4.78 is 5.01. The van der Waals surface area contributed by atoms with Crippen molar-refractivity contribution >= 4 is 70.3 Å². The number of nitrogens with one attached hydrogen (secondary N) is 3. The highest BCUT2D eigenvalue weighted by Crippen LogP contribution is 2.29. The monoisotopic (exact) mass is 608 g/mol. The minimum atomic E-state index is -0.561. The first kappa shape index (κ1) is 29.9. The topological polar surface area (TPSA) is 113 Å². The van der Waals surface area contributed by atoms with Crippen LogP contribution in [0.3, 0.4) is 0 Å². The molecule has 0 saturated carbocycles. The number of halogens is 2. The highest BCUT2D eigenvalue weighted by atomic mass is 35.5. The van der Waals surface area contributed by atoms with Crippen molar-refractivity contribution in [2.45, 2.75) is 30.4 Å². The van der Waals surface area contributed by atoms with Gasteiger partial charge in [0, 0.05) is 32.3 Å². The van der Waals surface area contributed by atoms with Crippen LogP contribution in [-0.4, -0.2) is 28.1 Å². The Labute approximate surface area is 251 Å². The van der Waals surface area contributed by atoms with Gasteiger partial charge in [-0.15, -0.1) is 11.8 Å². The molecule has 0 aliphatic rings. The highest BCUT2D eigenvalue weighted by Gasteiger charge is 2.20. The first-order chi connectivity index (χ1) is 19.7. The SMILES string of the molecule is CCC(Sc1cccc(NC(=O)/C(=C\c2ccc(Cl)cc2Cl)NC(=O)c2ccccc2)c1)C(=O)Nc1cc(C)on1. The zero-order chi connectivity index (χ0) is 29.4. The second kappa shape index (κ2) is 14.0. The van der Waals surface area contributed by atoms with E-state index < -0.39 is 17.1 Å². The Morgan fingerprint density at radius 3 is 2.44 bits per heavy atom. The highest BCUT2D eigenvalue weighted by molar-refractivity contribution is 8.00. The molecule has 41 heavy (non-hydrogen) atoms. The number of nitrogens with zero attached hydrogens (tertiary/aromatic N) is 1. The number of aromatic nitrogens is 1. The molecule has 0 bridgehead atoms. The molecule has 210 valence electrons. The first-order valence-electron chi connectivity index (χ1n) is 12.6. The van der Waals surface area contributed by atoms with Crippen LogP contribution in [0.1, 0.15) is 35.0 Å². The third-order valence-electron chi connectivity index (χ3n) is 5.70. The van der Waals surface area contributed by atoms with Gasteiger partial charge >= 0.3 is 0 Å². The smallest absolute Gasteiger partial charge is 0.272 e. The molecular weight excluding hydrogens is 583 g/mol. The molecule has 11 heteroatoms. The van der Waals surface area contributed by atoms with E-state index >= 15 is 0 Å². The third kappa shape index (κ3) is 8.47. The molecule has 0 radical (unpaired) electrons. The van der Waals surface area contributed by atoms with Gasteiger partial charge in [0.05, 0.1) is 5.25 Å². The number of carbonyl (C=O) groups is 3. The standard InChI is InChI=1S/C30H26Cl2N4O4S/c1-3-26(30(39)35-27-14-18(2)40-36-27)41-23-11-7-10-22(17-23)33-29(38)25(15-20-12-13-21(31)16-24(20)32)34-28(37)19-8-5-4-6-9-19/h4-17,26H,3H2,1-2H3,(H,33,38)(H,34,37)(H,35,36,39)/b25-15+. The molecule has 0 saturated heterocycles. The molecule has 0 spiro atoms. The lowest BCUT2D eigenvalue weighted by Gasteiger charge is -2.15. The van der Waals surface area contributed by atoms with Gasteiger partial charge in [0.25, 0.3) is 11.8 Å². The predicted octanol–water partition coefficient (Wildman–Crippen LogP) is 7.21. The maximum absolute atomic E-state index is 13.4. The minimum Gasteiger partial charge on any atom is -0.360 e. The molecule has 4 rings (SSSR count). The van der Waals surface area contributed by atoms with Crippen LogP contribution in [0.15, 0.2) is 94.0 Å². The number of anilines is 2. The third-order valence-corrected chi connectivity index (χ3v) is 7.62. The Bertz CT molecular complexity index is 1590. The van der Waals surface area contributed by atoms with Crippen LogP contribution < -0.4 is 16.0 Å². The summed E-state index contributed by atoms with van der Waals surface area (Å²) >= 11 is 13.7. The van der Waals surface area contributed by atoms with Crippen molar-refractivity contribution in [2.24, 2.45) is 0 Å². The van der Waals surface area contributed by atoms with Crippen LogP contribution in [-0.2, 0) is 9.59 Å². The van der Waals surface area contributed by atoms with E-state index in [1.165, 1.54) is 17.8 Å². The van der Waals surface area contributed by atoms with Crippen molar-refractivity contribution in [3.8, 4) is 0 Å². The van der Waals surface area contributed by atoms with E-state index in [1.807, 2.05) is 13.0 Å². The Balaban J connectivity index is 1.52. The second-order valence-corrected chi connectivity index (χ2v) is 11.0. The van der Waals surface area contributed by atoms with Gasteiger partial charge in [-0.1, -0.05) is 65.6 Å². The fourth-order valence-electron chi connectivity index (χ4n) is 3.68. The Morgan fingerprint density at radius 1 is 0.976 bits per heavy atom. The van der Waals surface area contributed by atoms with E-state index in [4.69, 9.17) is 27.7 Å². The molecule has 3 N–H and O–H groups in total. The molecule has 3 amide bonds. The molecule has 8 nitrogen and oxygen atoms in total. The lowest BCUT2D eigenvalue weighted by molar-refractivity contribution is -0.116. The maximum Gasteiger partial charge on any atom is 0.272 e. The van der Waals surface area contributed by atoms with Gasteiger partial charge in [0.1, 0.15) is 11.5 Å². The number of benzene rings is 3. The fraction of sp³-hybridized carbons (Fsp3) is 0.133. The summed E-state index contributed by atoms with van der Waals surface area (Å²) in [7, 11) is 0. The molecule has 0 aliphatic heterocycles. The van der Waals surface area contributed by atoms with Crippen molar-refractivity contribution in [1.29, 1.82) is 0 Å². The molecule has 4 aromatic rings. The largest absolute Gasteiger partial charge is 0.360 e. The Hall–Kier alpha value is -4.05. The van der Waals surface area contributed by atoms with Gasteiger partial charge in [-0.3, -0.25) is 14.4 Å². The van der Waals surface area contributed by atoms with E-state index in [9.17, 15) is 14.4 Å². The lowest BCUT2D eigenvalue weighted by Crippen LogP contribution is -2.30. The van der Waals surface area contributed by atoms with Crippen molar-refractivity contribution in [1.82, 2.24) is 10.5 Å². The van der Waals surface area contributed by atoms with Crippen LogP contribution in [0.2, 0.25) is 10.0 Å². The summed E-state index contributed by atoms with van der Waals surface area (Å²) in [5.74, 6) is -0.288. The molecular formula is C30H26Cl2N4O4S. The molecule has 1 unspecified atom stereocenters. The van der Waals surface area contributed by atoms with Gasteiger partial charge in [-0.2, -0.15) is 0 Å². The Kier molecular flexibility index (Phi) is 10.2. The number of thioether (sulfide) groups is 1. The molecule has 3 aromatic carbocycles. The van der Waals surface area contributed by atoms with Crippen molar-refractivity contribution < 1.29 is 18.9 Å². The summed E-state index contributed by atoms with van der Waals surface area (Å²) in [6.45, 7) is 3.65. The molecule has 1 aromatic heterocycles. The quantitative estimate of drug-likeness (QED) is 0.129. The van der Waals surface area contributed by atoms with E-state index in [0.29, 0.717) is 44.9 Å². The Morgan fingerprint density at radius 2 is 1.76 bits per heavy atom. The van der Waals surface area contributed by atoms with Crippen LogP contribution in [0, 0.1) is 6.92 Å². The average molecular weight is 610 g/mol. The first-order valence-corrected chi connectivity index (χ1v) is 14.2. The number of aryl methyl sites for hydroxylation is 1. The summed E-state index contributed by atoms with van der Waals surface area (Å²) in [5, 5.41) is 12.4. The second-order valence-electron chi connectivity index (χ2n) is 8.85.